The number of benzene rings is 1. The largest absolute Gasteiger partial charge is 0.411 e. The molecule has 7 heteroatoms. The summed E-state index contributed by atoms with van der Waals surface area (Å²) in [5.74, 6) is -0.289. The summed E-state index contributed by atoms with van der Waals surface area (Å²) in [7, 11) is 0. The summed E-state index contributed by atoms with van der Waals surface area (Å²) < 4.78 is 15.7. The van der Waals surface area contributed by atoms with Crippen molar-refractivity contribution in [2.45, 2.75) is 12.8 Å². The van der Waals surface area contributed by atoms with Crippen LogP contribution in [-0.2, 0) is 0 Å². The second-order valence-electron chi connectivity index (χ2n) is 4.64. The fourth-order valence-electron chi connectivity index (χ4n) is 2.35. The van der Waals surface area contributed by atoms with Crippen molar-refractivity contribution in [2.75, 3.05) is 18.0 Å². The predicted molar refractivity (Wildman–Crippen MR) is 72.0 cm³/mol. The van der Waals surface area contributed by atoms with Crippen molar-refractivity contribution in [3.8, 4) is 5.69 Å². The first kappa shape index (κ1) is 12.6. The zero-order valence-corrected chi connectivity index (χ0v) is 10.8. The first-order valence-electron chi connectivity index (χ1n) is 6.39. The maximum Gasteiger partial charge on any atom is 0.148 e. The third-order valence-corrected chi connectivity index (χ3v) is 3.44. The van der Waals surface area contributed by atoms with Crippen molar-refractivity contribution < 1.29 is 9.60 Å². The summed E-state index contributed by atoms with van der Waals surface area (Å²) in [6.07, 6.45) is 4.52. The minimum absolute atomic E-state index is 0.289. The summed E-state index contributed by atoms with van der Waals surface area (Å²) in [6, 6.07) is 5.00. The summed E-state index contributed by atoms with van der Waals surface area (Å²) >= 11 is 0. The van der Waals surface area contributed by atoms with E-state index in [2.05, 4.69) is 15.5 Å². The van der Waals surface area contributed by atoms with E-state index in [9.17, 15) is 4.39 Å². The maximum atomic E-state index is 14.2. The monoisotopic (exact) mass is 275 g/mol. The minimum atomic E-state index is -0.289. The third kappa shape index (κ3) is 2.34. The van der Waals surface area contributed by atoms with Gasteiger partial charge in [0.15, 0.2) is 0 Å². The lowest BCUT2D eigenvalue weighted by Gasteiger charge is -2.29. The first-order chi connectivity index (χ1) is 9.78. The van der Waals surface area contributed by atoms with Crippen LogP contribution >= 0.6 is 0 Å². The van der Waals surface area contributed by atoms with Crippen molar-refractivity contribution in [3.63, 3.8) is 0 Å². The van der Waals surface area contributed by atoms with Crippen molar-refractivity contribution in [1.82, 2.24) is 15.0 Å². The Morgan fingerprint density at radius 1 is 1.25 bits per heavy atom. The van der Waals surface area contributed by atoms with Gasteiger partial charge in [-0.1, -0.05) is 10.4 Å². The van der Waals surface area contributed by atoms with E-state index in [-0.39, 0.29) is 5.82 Å². The molecule has 2 heterocycles. The van der Waals surface area contributed by atoms with Gasteiger partial charge in [0.25, 0.3) is 0 Å². The van der Waals surface area contributed by atoms with Gasteiger partial charge in [0.05, 0.1) is 29.5 Å². The van der Waals surface area contributed by atoms with Crippen LogP contribution < -0.4 is 4.90 Å². The van der Waals surface area contributed by atoms with Gasteiger partial charge < -0.3 is 10.1 Å². The van der Waals surface area contributed by atoms with Crippen LogP contribution in [0.1, 0.15) is 12.8 Å². The van der Waals surface area contributed by atoms with Crippen molar-refractivity contribution >= 4 is 11.4 Å². The van der Waals surface area contributed by atoms with E-state index in [0.717, 1.165) is 5.71 Å². The van der Waals surface area contributed by atoms with Gasteiger partial charge >= 0.3 is 0 Å². The smallest absolute Gasteiger partial charge is 0.148 e. The van der Waals surface area contributed by atoms with Gasteiger partial charge in [0.1, 0.15) is 5.82 Å². The normalized spacial score (nSPS) is 15.4. The number of oxime groups is 1. The van der Waals surface area contributed by atoms with Gasteiger partial charge in [0, 0.05) is 32.0 Å². The molecule has 2 aromatic rings. The second-order valence-corrected chi connectivity index (χ2v) is 4.64. The van der Waals surface area contributed by atoms with E-state index in [1.807, 2.05) is 11.0 Å². The molecule has 1 saturated heterocycles. The topological polar surface area (TPSA) is 66.5 Å². The molecule has 3 rings (SSSR count). The molecule has 0 aliphatic carbocycles. The van der Waals surface area contributed by atoms with E-state index in [0.29, 0.717) is 37.3 Å². The highest BCUT2D eigenvalue weighted by atomic mass is 19.1. The highest BCUT2D eigenvalue weighted by Crippen LogP contribution is 2.24. The van der Waals surface area contributed by atoms with Gasteiger partial charge in [-0.25, -0.2) is 9.07 Å². The molecule has 1 fully saturated rings. The summed E-state index contributed by atoms with van der Waals surface area (Å²) in [5.41, 5.74) is 1.96. The van der Waals surface area contributed by atoms with E-state index in [4.69, 9.17) is 5.21 Å². The fourth-order valence-corrected chi connectivity index (χ4v) is 2.35. The number of anilines is 1. The zero-order chi connectivity index (χ0) is 13.9. The molecule has 1 aliphatic rings. The van der Waals surface area contributed by atoms with Crippen LogP contribution in [0.3, 0.4) is 0 Å². The molecule has 0 spiro atoms. The number of hydrogen-bond donors (Lipinski definition) is 1. The van der Waals surface area contributed by atoms with Gasteiger partial charge in [-0.3, -0.25) is 0 Å². The highest BCUT2D eigenvalue weighted by Gasteiger charge is 2.18. The molecule has 104 valence electrons. The summed E-state index contributed by atoms with van der Waals surface area (Å²) in [5, 5.41) is 19.5. The number of nitrogens with zero attached hydrogens (tertiary/aromatic N) is 5. The lowest BCUT2D eigenvalue weighted by atomic mass is 10.1. The number of halogens is 1. The van der Waals surface area contributed by atoms with Gasteiger partial charge in [0.2, 0.25) is 0 Å². The molecule has 0 saturated carbocycles. The van der Waals surface area contributed by atoms with Crippen LogP contribution in [0.2, 0.25) is 0 Å². The Balaban J connectivity index is 1.81. The summed E-state index contributed by atoms with van der Waals surface area (Å²) in [6.45, 7) is 1.30. The Kier molecular flexibility index (Phi) is 3.32. The zero-order valence-electron chi connectivity index (χ0n) is 10.8. The van der Waals surface area contributed by atoms with Gasteiger partial charge in [-0.2, -0.15) is 0 Å². The van der Waals surface area contributed by atoms with Gasteiger partial charge in [-0.15, -0.1) is 5.10 Å². The highest BCUT2D eigenvalue weighted by molar-refractivity contribution is 5.86. The SMILES string of the molecule is ON=C1CCN(c2ccc(-n3ccnn3)cc2F)CC1. The van der Waals surface area contributed by atoms with E-state index < -0.39 is 0 Å². The molecule has 0 atom stereocenters. The van der Waals surface area contributed by atoms with E-state index in [1.165, 1.54) is 10.7 Å². The maximum absolute atomic E-state index is 14.2. The Morgan fingerprint density at radius 3 is 2.65 bits per heavy atom. The van der Waals surface area contributed by atoms with Crippen LogP contribution in [0.5, 0.6) is 0 Å². The molecule has 0 unspecified atom stereocenters. The number of piperidine rings is 1. The summed E-state index contributed by atoms with van der Waals surface area (Å²) in [4.78, 5) is 1.95. The lowest BCUT2D eigenvalue weighted by molar-refractivity contribution is 0.315. The van der Waals surface area contributed by atoms with Crippen LogP contribution in [0.25, 0.3) is 5.69 Å². The molecule has 1 aromatic heterocycles. The molecule has 0 amide bonds. The van der Waals surface area contributed by atoms with E-state index in [1.54, 1.807) is 18.5 Å². The molecule has 1 aromatic carbocycles. The van der Waals surface area contributed by atoms with Crippen molar-refractivity contribution in [3.05, 3.63) is 36.4 Å². The minimum Gasteiger partial charge on any atom is -0.411 e. The van der Waals surface area contributed by atoms with Crippen LogP contribution in [0.15, 0.2) is 35.7 Å². The Morgan fingerprint density at radius 2 is 2.05 bits per heavy atom. The average Bonchev–Trinajstić information content (AvgIpc) is 3.01. The Bertz CT molecular complexity index is 616. The second kappa shape index (κ2) is 5.28. The van der Waals surface area contributed by atoms with Gasteiger partial charge in [-0.05, 0) is 12.1 Å². The third-order valence-electron chi connectivity index (χ3n) is 3.44. The Labute approximate surface area is 115 Å². The number of aromatic nitrogens is 3. The molecule has 0 bridgehead atoms. The van der Waals surface area contributed by atoms with Crippen LogP contribution in [-0.4, -0.2) is 39.0 Å². The molecule has 0 radical (unpaired) electrons. The molecule has 1 N–H and O–H groups in total. The fraction of sp³-hybridized carbons (Fsp3) is 0.308. The number of hydrogen-bond acceptors (Lipinski definition) is 5. The standard InChI is InChI=1S/C13H14FN5O/c14-12-9-11(19-8-5-15-17-19)1-2-13(12)18-6-3-10(16-20)4-7-18/h1-2,5,8-9,20H,3-4,6-7H2. The molecule has 1 aliphatic heterocycles. The molecule has 6 nitrogen and oxygen atoms in total. The van der Waals surface area contributed by atoms with Crippen molar-refractivity contribution in [1.29, 1.82) is 0 Å². The van der Waals surface area contributed by atoms with Crippen molar-refractivity contribution in [2.24, 2.45) is 5.16 Å². The van der Waals surface area contributed by atoms with Crippen LogP contribution in [0, 0.1) is 5.82 Å². The quantitative estimate of drug-likeness (QED) is 0.671. The lowest BCUT2D eigenvalue weighted by Crippen LogP contribution is -2.34. The predicted octanol–water partition coefficient (Wildman–Crippen LogP) is 1.84. The average molecular weight is 275 g/mol. The molecule has 20 heavy (non-hydrogen) atoms. The van der Waals surface area contributed by atoms with Crippen LogP contribution in [0.4, 0.5) is 10.1 Å². The first-order valence-corrected chi connectivity index (χ1v) is 6.39. The van der Waals surface area contributed by atoms with E-state index >= 15 is 0 Å². The Hall–Kier alpha value is -2.44. The molecular weight excluding hydrogens is 261 g/mol. The number of rotatable bonds is 2. The molecular formula is C13H14FN5O.